The number of urea groups is 1. The summed E-state index contributed by atoms with van der Waals surface area (Å²) in [4.78, 5) is 22.7. The summed E-state index contributed by atoms with van der Waals surface area (Å²) in [5.74, 6) is -1.17. The van der Waals surface area contributed by atoms with Crippen LogP contribution in [0.25, 0.3) is 0 Å². The molecule has 0 aliphatic carbocycles. The first-order valence-electron chi connectivity index (χ1n) is 5.73. The zero-order valence-corrected chi connectivity index (χ0v) is 10.7. The van der Waals surface area contributed by atoms with E-state index < -0.39 is 18.0 Å². The summed E-state index contributed by atoms with van der Waals surface area (Å²) < 4.78 is 1.54. The van der Waals surface area contributed by atoms with Crippen molar-refractivity contribution in [3.8, 4) is 0 Å². The molecule has 18 heavy (non-hydrogen) atoms. The van der Waals surface area contributed by atoms with Gasteiger partial charge in [0.25, 0.3) is 0 Å². The molecular formula is C11H18N4O3. The molecule has 0 aromatic carbocycles. The van der Waals surface area contributed by atoms with Crippen LogP contribution in [0.5, 0.6) is 0 Å². The molecule has 0 bridgehead atoms. The van der Waals surface area contributed by atoms with Gasteiger partial charge in [-0.2, -0.15) is 5.10 Å². The average molecular weight is 254 g/mol. The van der Waals surface area contributed by atoms with Gasteiger partial charge < -0.3 is 15.7 Å². The highest BCUT2D eigenvalue weighted by atomic mass is 16.4. The van der Waals surface area contributed by atoms with Crippen LogP contribution < -0.4 is 10.6 Å². The lowest BCUT2D eigenvalue weighted by Gasteiger charge is -2.20. The minimum atomic E-state index is -1.04. The first-order chi connectivity index (χ1) is 8.43. The largest absolute Gasteiger partial charge is 0.480 e. The van der Waals surface area contributed by atoms with Crippen molar-refractivity contribution in [1.82, 2.24) is 15.1 Å². The van der Waals surface area contributed by atoms with Crippen molar-refractivity contribution < 1.29 is 14.7 Å². The third-order valence-electron chi connectivity index (χ3n) is 2.73. The second-order valence-corrected chi connectivity index (χ2v) is 4.20. The summed E-state index contributed by atoms with van der Waals surface area (Å²) in [6.45, 7) is 3.66. The number of hydrogen-bond donors (Lipinski definition) is 3. The molecule has 7 nitrogen and oxygen atoms in total. The van der Waals surface area contributed by atoms with E-state index in [0.29, 0.717) is 12.1 Å². The highest BCUT2D eigenvalue weighted by Crippen LogP contribution is 2.09. The van der Waals surface area contributed by atoms with E-state index in [4.69, 9.17) is 5.11 Å². The molecule has 100 valence electrons. The molecular weight excluding hydrogens is 236 g/mol. The van der Waals surface area contributed by atoms with Crippen molar-refractivity contribution in [2.45, 2.75) is 26.3 Å². The fraction of sp³-hybridized carbons (Fsp3) is 0.545. The summed E-state index contributed by atoms with van der Waals surface area (Å²) in [5, 5.41) is 17.9. The van der Waals surface area contributed by atoms with Crippen LogP contribution >= 0.6 is 0 Å². The molecule has 2 amide bonds. The van der Waals surface area contributed by atoms with Gasteiger partial charge in [-0.25, -0.2) is 9.59 Å². The standard InChI is InChI=1S/C11H18N4O3/c1-4-7(2)9(10(16)17)14-11(18)13-8-5-12-15(3)6-8/h5-7,9H,4H2,1-3H3,(H,16,17)(H2,13,14,18). The number of hydrogen-bond acceptors (Lipinski definition) is 3. The van der Waals surface area contributed by atoms with Gasteiger partial charge in [0, 0.05) is 13.2 Å². The molecule has 1 rings (SSSR count). The van der Waals surface area contributed by atoms with Crippen LogP contribution in [0.4, 0.5) is 10.5 Å². The normalized spacial score (nSPS) is 13.7. The van der Waals surface area contributed by atoms with E-state index in [1.165, 1.54) is 6.20 Å². The molecule has 7 heteroatoms. The predicted molar refractivity (Wildman–Crippen MR) is 66.2 cm³/mol. The van der Waals surface area contributed by atoms with E-state index in [1.54, 1.807) is 24.9 Å². The molecule has 0 aliphatic rings. The molecule has 3 N–H and O–H groups in total. The number of amides is 2. The molecule has 0 aliphatic heterocycles. The van der Waals surface area contributed by atoms with Crippen LogP contribution in [0.2, 0.25) is 0 Å². The summed E-state index contributed by atoms with van der Waals surface area (Å²) in [5.41, 5.74) is 0.517. The van der Waals surface area contributed by atoms with Crippen molar-refractivity contribution >= 4 is 17.7 Å². The van der Waals surface area contributed by atoms with Crippen molar-refractivity contribution in [2.24, 2.45) is 13.0 Å². The second kappa shape index (κ2) is 6.04. The Morgan fingerprint density at radius 3 is 2.67 bits per heavy atom. The maximum Gasteiger partial charge on any atom is 0.326 e. The number of nitrogens with zero attached hydrogens (tertiary/aromatic N) is 2. The Bertz CT molecular complexity index is 430. The lowest BCUT2D eigenvalue weighted by molar-refractivity contribution is -0.140. The highest BCUT2D eigenvalue weighted by Gasteiger charge is 2.25. The smallest absolute Gasteiger partial charge is 0.326 e. The molecule has 2 atom stereocenters. The Kier molecular flexibility index (Phi) is 4.70. The van der Waals surface area contributed by atoms with E-state index >= 15 is 0 Å². The van der Waals surface area contributed by atoms with Gasteiger partial charge in [-0.05, 0) is 5.92 Å². The third kappa shape index (κ3) is 3.76. The van der Waals surface area contributed by atoms with Crippen molar-refractivity contribution in [1.29, 1.82) is 0 Å². The van der Waals surface area contributed by atoms with E-state index in [-0.39, 0.29) is 5.92 Å². The third-order valence-corrected chi connectivity index (χ3v) is 2.73. The molecule has 0 fully saturated rings. The Morgan fingerprint density at radius 2 is 2.22 bits per heavy atom. The van der Waals surface area contributed by atoms with Gasteiger partial charge in [0.15, 0.2) is 0 Å². The minimum absolute atomic E-state index is 0.137. The summed E-state index contributed by atoms with van der Waals surface area (Å²) in [6, 6.07) is -1.44. The topological polar surface area (TPSA) is 96.3 Å². The van der Waals surface area contributed by atoms with Crippen molar-refractivity contribution in [3.05, 3.63) is 12.4 Å². The molecule has 0 saturated heterocycles. The number of carbonyl (C=O) groups is 2. The molecule has 0 radical (unpaired) electrons. The summed E-state index contributed by atoms with van der Waals surface area (Å²) in [7, 11) is 1.72. The quantitative estimate of drug-likeness (QED) is 0.731. The SMILES string of the molecule is CCC(C)C(NC(=O)Nc1cnn(C)c1)C(=O)O. The first kappa shape index (κ1) is 14.0. The molecule has 1 aromatic heterocycles. The number of aryl methyl sites for hydroxylation is 1. The Hall–Kier alpha value is -2.05. The lowest BCUT2D eigenvalue weighted by atomic mass is 9.99. The van der Waals surface area contributed by atoms with Gasteiger partial charge in [0.2, 0.25) is 0 Å². The van der Waals surface area contributed by atoms with Crippen molar-refractivity contribution in [2.75, 3.05) is 5.32 Å². The van der Waals surface area contributed by atoms with Crippen LogP contribution in [-0.2, 0) is 11.8 Å². The Balaban J connectivity index is 2.59. The molecule has 0 saturated carbocycles. The van der Waals surface area contributed by atoms with Gasteiger partial charge in [0.1, 0.15) is 6.04 Å². The number of carboxylic acids is 1. The van der Waals surface area contributed by atoms with Crippen LogP contribution in [0.15, 0.2) is 12.4 Å². The second-order valence-electron chi connectivity index (χ2n) is 4.20. The number of carboxylic acid groups (broad SMARTS) is 1. The summed E-state index contributed by atoms with van der Waals surface area (Å²) >= 11 is 0. The Labute approximate surface area is 105 Å². The maximum atomic E-state index is 11.6. The average Bonchev–Trinajstić information content (AvgIpc) is 2.70. The van der Waals surface area contributed by atoms with Crippen LogP contribution in [0.3, 0.4) is 0 Å². The van der Waals surface area contributed by atoms with Gasteiger partial charge in [-0.3, -0.25) is 4.68 Å². The fourth-order valence-electron chi connectivity index (χ4n) is 1.48. The number of carbonyl (C=O) groups excluding carboxylic acids is 1. The van der Waals surface area contributed by atoms with Crippen LogP contribution in [-0.4, -0.2) is 32.9 Å². The summed E-state index contributed by atoms with van der Waals surface area (Å²) in [6.07, 6.45) is 3.78. The molecule has 2 unspecified atom stereocenters. The van der Waals surface area contributed by atoms with E-state index in [0.717, 1.165) is 0 Å². The lowest BCUT2D eigenvalue weighted by Crippen LogP contribution is -2.46. The van der Waals surface area contributed by atoms with Gasteiger partial charge in [-0.15, -0.1) is 0 Å². The monoisotopic (exact) mass is 254 g/mol. The van der Waals surface area contributed by atoms with E-state index in [1.807, 2.05) is 6.92 Å². The van der Waals surface area contributed by atoms with Crippen LogP contribution in [0.1, 0.15) is 20.3 Å². The number of nitrogens with one attached hydrogen (secondary N) is 2. The molecule has 1 heterocycles. The minimum Gasteiger partial charge on any atom is -0.480 e. The van der Waals surface area contributed by atoms with Gasteiger partial charge >= 0.3 is 12.0 Å². The molecule has 1 aromatic rings. The Morgan fingerprint density at radius 1 is 1.56 bits per heavy atom. The van der Waals surface area contributed by atoms with Gasteiger partial charge in [-0.1, -0.05) is 20.3 Å². The number of aromatic nitrogens is 2. The van der Waals surface area contributed by atoms with Crippen molar-refractivity contribution in [3.63, 3.8) is 0 Å². The van der Waals surface area contributed by atoms with E-state index in [2.05, 4.69) is 15.7 Å². The maximum absolute atomic E-state index is 11.6. The fourth-order valence-corrected chi connectivity index (χ4v) is 1.48. The van der Waals surface area contributed by atoms with Crippen LogP contribution in [0, 0.1) is 5.92 Å². The zero-order chi connectivity index (χ0) is 13.7. The number of aliphatic carboxylic acids is 1. The predicted octanol–water partition coefficient (Wildman–Crippen LogP) is 1.04. The first-order valence-corrected chi connectivity index (χ1v) is 5.73. The zero-order valence-electron chi connectivity index (χ0n) is 10.7. The van der Waals surface area contributed by atoms with E-state index in [9.17, 15) is 9.59 Å². The number of anilines is 1. The number of rotatable bonds is 5. The molecule has 0 spiro atoms. The highest BCUT2D eigenvalue weighted by molar-refractivity contribution is 5.92. The van der Waals surface area contributed by atoms with Gasteiger partial charge in [0.05, 0.1) is 11.9 Å².